The van der Waals surface area contributed by atoms with Crippen LogP contribution in [0.4, 0.5) is 4.79 Å². The predicted molar refractivity (Wildman–Crippen MR) is 90.2 cm³/mol. The van der Waals surface area contributed by atoms with E-state index in [1.54, 1.807) is 0 Å². The van der Waals surface area contributed by atoms with Crippen LogP contribution in [0.15, 0.2) is 0 Å². The summed E-state index contributed by atoms with van der Waals surface area (Å²) in [5.41, 5.74) is -0.786. The molecule has 0 aromatic carbocycles. The lowest BCUT2D eigenvalue weighted by Crippen LogP contribution is -2.54. The van der Waals surface area contributed by atoms with Crippen molar-refractivity contribution >= 4 is 12.0 Å². The second-order valence-corrected chi connectivity index (χ2v) is 8.25. The van der Waals surface area contributed by atoms with E-state index < -0.39 is 11.7 Å². The Bertz CT molecular complexity index is 416. The van der Waals surface area contributed by atoms with Crippen molar-refractivity contribution in [1.82, 2.24) is 10.6 Å². The Labute approximate surface area is 139 Å². The van der Waals surface area contributed by atoms with Gasteiger partial charge in [0.1, 0.15) is 5.60 Å². The van der Waals surface area contributed by atoms with E-state index in [9.17, 15) is 9.59 Å². The number of carbonyl (C=O) groups excluding carboxylic acids is 2. The van der Waals surface area contributed by atoms with Crippen molar-refractivity contribution in [3.05, 3.63) is 0 Å². The fourth-order valence-electron chi connectivity index (χ4n) is 3.78. The lowest BCUT2D eigenvalue weighted by molar-refractivity contribution is -0.123. The van der Waals surface area contributed by atoms with Gasteiger partial charge in [-0.05, 0) is 52.4 Å². The van der Waals surface area contributed by atoms with E-state index in [1.807, 2.05) is 20.8 Å². The average Bonchev–Trinajstić information content (AvgIpc) is 3.07. The summed E-state index contributed by atoms with van der Waals surface area (Å²) in [6.45, 7) is 6.00. The van der Waals surface area contributed by atoms with Crippen LogP contribution in [0.25, 0.3) is 0 Å². The van der Waals surface area contributed by atoms with Gasteiger partial charge < -0.3 is 15.4 Å². The summed E-state index contributed by atoms with van der Waals surface area (Å²) in [6.07, 6.45) is 9.14. The molecule has 0 unspecified atom stereocenters. The summed E-state index contributed by atoms with van der Waals surface area (Å²) in [4.78, 5) is 24.3. The van der Waals surface area contributed by atoms with Gasteiger partial charge in [-0.15, -0.1) is 0 Å². The lowest BCUT2D eigenvalue weighted by atomic mass is 9.95. The molecule has 0 aromatic rings. The molecule has 2 N–H and O–H groups in total. The lowest BCUT2D eigenvalue weighted by Gasteiger charge is -2.31. The molecule has 2 fully saturated rings. The molecule has 5 nitrogen and oxygen atoms in total. The minimum Gasteiger partial charge on any atom is -0.444 e. The monoisotopic (exact) mass is 324 g/mol. The molecule has 5 heteroatoms. The van der Waals surface area contributed by atoms with Crippen molar-refractivity contribution in [3.8, 4) is 0 Å². The molecule has 0 atom stereocenters. The third-order valence-corrected chi connectivity index (χ3v) is 4.88. The molecule has 132 valence electrons. The third-order valence-electron chi connectivity index (χ3n) is 4.88. The molecular formula is C18H32N2O3. The van der Waals surface area contributed by atoms with Crippen LogP contribution in [0, 0.1) is 5.92 Å². The van der Waals surface area contributed by atoms with E-state index in [0.29, 0.717) is 18.9 Å². The summed E-state index contributed by atoms with van der Waals surface area (Å²) in [5, 5.41) is 6.07. The number of nitrogens with one attached hydrogen (secondary N) is 2. The van der Waals surface area contributed by atoms with Gasteiger partial charge in [-0.1, -0.05) is 25.7 Å². The summed E-state index contributed by atoms with van der Waals surface area (Å²) in [7, 11) is 0. The Morgan fingerprint density at radius 1 is 1.09 bits per heavy atom. The molecular weight excluding hydrogens is 292 g/mol. The minimum atomic E-state index is -0.501. The fraction of sp³-hybridized carbons (Fsp3) is 0.889. The highest BCUT2D eigenvalue weighted by atomic mass is 16.6. The Morgan fingerprint density at radius 2 is 1.70 bits per heavy atom. The number of hydrogen-bond acceptors (Lipinski definition) is 3. The first-order valence-electron chi connectivity index (χ1n) is 9.06. The van der Waals surface area contributed by atoms with Crippen LogP contribution >= 0.6 is 0 Å². The molecule has 0 aliphatic heterocycles. The molecule has 2 aliphatic rings. The van der Waals surface area contributed by atoms with Crippen LogP contribution in [0.3, 0.4) is 0 Å². The van der Waals surface area contributed by atoms with Gasteiger partial charge in [-0.3, -0.25) is 4.79 Å². The number of hydrogen-bond donors (Lipinski definition) is 2. The fourth-order valence-corrected chi connectivity index (χ4v) is 3.78. The van der Waals surface area contributed by atoms with E-state index in [4.69, 9.17) is 4.74 Å². The van der Waals surface area contributed by atoms with Crippen LogP contribution in [-0.4, -0.2) is 29.7 Å². The summed E-state index contributed by atoms with van der Waals surface area (Å²) >= 11 is 0. The highest BCUT2D eigenvalue weighted by Crippen LogP contribution is 2.31. The van der Waals surface area contributed by atoms with Gasteiger partial charge in [0.15, 0.2) is 0 Å². The molecule has 2 amide bonds. The molecule has 2 saturated carbocycles. The van der Waals surface area contributed by atoms with Gasteiger partial charge in [-0.2, -0.15) is 0 Å². The second-order valence-electron chi connectivity index (χ2n) is 8.25. The Hall–Kier alpha value is -1.26. The number of amides is 2. The Kier molecular flexibility index (Phi) is 5.93. The minimum absolute atomic E-state index is 0.143. The third kappa shape index (κ3) is 6.04. The largest absolute Gasteiger partial charge is 0.444 e. The maximum absolute atomic E-state index is 12.4. The summed E-state index contributed by atoms with van der Waals surface area (Å²) in [6, 6.07) is 0. The Balaban J connectivity index is 1.83. The standard InChI is InChI=1S/C18H32N2O3/c1-17(2,3)23-16(22)19-13-18(10-6-7-11-18)20-15(21)12-14-8-4-5-9-14/h14H,4-13H2,1-3H3,(H,19,22)(H,20,21). The first-order valence-corrected chi connectivity index (χ1v) is 9.06. The normalized spacial score (nSPS) is 21.2. The topological polar surface area (TPSA) is 67.4 Å². The van der Waals surface area contributed by atoms with Gasteiger partial charge in [-0.25, -0.2) is 4.79 Å². The van der Waals surface area contributed by atoms with Crippen LogP contribution in [0.5, 0.6) is 0 Å². The van der Waals surface area contributed by atoms with Gasteiger partial charge in [0, 0.05) is 13.0 Å². The molecule has 0 heterocycles. The van der Waals surface area contributed by atoms with Gasteiger partial charge in [0.2, 0.25) is 5.91 Å². The van der Waals surface area contributed by atoms with E-state index in [0.717, 1.165) is 25.7 Å². The zero-order valence-electron chi connectivity index (χ0n) is 14.9. The number of rotatable bonds is 5. The number of ether oxygens (including phenoxy) is 1. The molecule has 0 bridgehead atoms. The molecule has 2 aliphatic carbocycles. The Morgan fingerprint density at radius 3 is 2.26 bits per heavy atom. The van der Waals surface area contributed by atoms with Gasteiger partial charge in [0.05, 0.1) is 5.54 Å². The van der Waals surface area contributed by atoms with Crippen molar-refractivity contribution in [2.24, 2.45) is 5.92 Å². The van der Waals surface area contributed by atoms with E-state index in [1.165, 1.54) is 25.7 Å². The number of alkyl carbamates (subject to hydrolysis) is 1. The molecule has 0 saturated heterocycles. The molecule has 23 heavy (non-hydrogen) atoms. The van der Waals surface area contributed by atoms with Crippen LogP contribution < -0.4 is 10.6 Å². The average molecular weight is 324 g/mol. The maximum atomic E-state index is 12.4. The molecule has 0 spiro atoms. The van der Waals surface area contributed by atoms with Crippen molar-refractivity contribution in [2.75, 3.05) is 6.54 Å². The predicted octanol–water partition coefficient (Wildman–Crippen LogP) is 3.52. The van der Waals surface area contributed by atoms with Crippen molar-refractivity contribution in [2.45, 2.75) is 89.7 Å². The van der Waals surface area contributed by atoms with Gasteiger partial charge in [0.25, 0.3) is 0 Å². The first-order chi connectivity index (χ1) is 10.8. The zero-order valence-corrected chi connectivity index (χ0v) is 14.9. The highest BCUT2D eigenvalue weighted by Gasteiger charge is 2.36. The summed E-state index contributed by atoms with van der Waals surface area (Å²) < 4.78 is 5.29. The zero-order chi connectivity index (χ0) is 16.9. The van der Waals surface area contributed by atoms with E-state index >= 15 is 0 Å². The van der Waals surface area contributed by atoms with Crippen molar-refractivity contribution in [3.63, 3.8) is 0 Å². The van der Waals surface area contributed by atoms with Crippen molar-refractivity contribution < 1.29 is 14.3 Å². The van der Waals surface area contributed by atoms with E-state index in [-0.39, 0.29) is 11.4 Å². The van der Waals surface area contributed by atoms with Crippen LogP contribution in [0.2, 0.25) is 0 Å². The summed E-state index contributed by atoms with van der Waals surface area (Å²) in [5.74, 6) is 0.692. The second kappa shape index (κ2) is 7.54. The highest BCUT2D eigenvalue weighted by molar-refractivity contribution is 5.77. The smallest absolute Gasteiger partial charge is 0.407 e. The molecule has 2 rings (SSSR count). The van der Waals surface area contributed by atoms with Crippen LogP contribution in [0.1, 0.15) is 78.6 Å². The number of carbonyl (C=O) groups is 2. The SMILES string of the molecule is CC(C)(C)OC(=O)NCC1(NC(=O)CC2CCCC2)CCCC1. The van der Waals surface area contributed by atoms with Crippen molar-refractivity contribution in [1.29, 1.82) is 0 Å². The van der Waals surface area contributed by atoms with E-state index in [2.05, 4.69) is 10.6 Å². The maximum Gasteiger partial charge on any atom is 0.407 e. The first kappa shape index (κ1) is 18.1. The van der Waals surface area contributed by atoms with Gasteiger partial charge >= 0.3 is 6.09 Å². The van der Waals surface area contributed by atoms with Crippen LogP contribution in [-0.2, 0) is 9.53 Å². The quantitative estimate of drug-likeness (QED) is 0.813. The molecule has 0 radical (unpaired) electrons. The molecule has 0 aromatic heterocycles.